The molecule has 2 aliphatic carbocycles. The molecule has 1 saturated heterocycles. The molecule has 9 heteroatoms. The Morgan fingerprint density at radius 1 is 0.900 bits per heavy atom. The second kappa shape index (κ2) is 13.5. The summed E-state index contributed by atoms with van der Waals surface area (Å²) >= 11 is 0. The SMILES string of the molecule is COC(=O)N[C@H](C(=O)N1[C@@H]2CC[C@@H](C2)[C@H]1C1=NC=C(c2ccc(-c3ccc4cc(-c5cnc(C6CCCC6)[nH]5)ccc4c3)cc2)C1)[C@@H](C)OC. The van der Waals surface area contributed by atoms with E-state index in [9.17, 15) is 9.59 Å². The number of hydrogen-bond donors (Lipinski definition) is 2. The third kappa shape index (κ3) is 6.02. The van der Waals surface area contributed by atoms with Crippen molar-refractivity contribution in [3.63, 3.8) is 0 Å². The molecule has 2 amide bonds. The van der Waals surface area contributed by atoms with Gasteiger partial charge in [0.2, 0.25) is 5.91 Å². The highest BCUT2D eigenvalue weighted by Crippen LogP contribution is 2.45. The molecule has 8 rings (SSSR count). The lowest BCUT2D eigenvalue weighted by atomic mass is 9.89. The number of amides is 2. The standard InChI is InChI=1S/C41H45N5O4/c1-24(49-2)37(45-41(48)50-3)40(47)46-34-17-16-32(20-34)38(46)35-21-33(22-42-35)26-10-8-25(9-11-26)28-12-13-30-19-31(15-14-29(30)18-28)36-23-43-39(44-36)27-6-4-5-7-27/h8-15,18-19,22-24,27,32,34,37-38H,4-7,16-17,20-21H2,1-3H3,(H,43,44)(H,45,48)/t24-,32+,34-,37+,38+/m1/s1. The normalized spacial score (nSPS) is 22.9. The largest absolute Gasteiger partial charge is 0.453 e. The number of rotatable bonds is 9. The van der Waals surface area contributed by atoms with E-state index in [0.29, 0.717) is 18.3 Å². The van der Waals surface area contributed by atoms with Gasteiger partial charge in [-0.1, -0.05) is 61.4 Å². The molecule has 50 heavy (non-hydrogen) atoms. The van der Waals surface area contributed by atoms with Gasteiger partial charge in [-0.25, -0.2) is 9.78 Å². The molecule has 0 unspecified atom stereocenters. The summed E-state index contributed by atoms with van der Waals surface area (Å²) in [6, 6.07) is 21.2. The Kier molecular flexibility index (Phi) is 8.77. The molecule has 3 aromatic carbocycles. The number of alkyl carbamates (subject to hydrolysis) is 1. The van der Waals surface area contributed by atoms with Crippen LogP contribution < -0.4 is 5.32 Å². The first-order valence-electron chi connectivity index (χ1n) is 18.0. The Morgan fingerprint density at radius 3 is 2.34 bits per heavy atom. The minimum Gasteiger partial charge on any atom is -0.453 e. The van der Waals surface area contributed by atoms with E-state index in [1.54, 1.807) is 14.0 Å². The van der Waals surface area contributed by atoms with Gasteiger partial charge in [-0.3, -0.25) is 9.79 Å². The van der Waals surface area contributed by atoms with Gasteiger partial charge >= 0.3 is 6.09 Å². The summed E-state index contributed by atoms with van der Waals surface area (Å²) in [5, 5.41) is 5.12. The minimum atomic E-state index is -0.834. The highest BCUT2D eigenvalue weighted by molar-refractivity contribution is 6.04. The number of methoxy groups -OCH3 is 2. The lowest BCUT2D eigenvalue weighted by molar-refractivity contribution is -0.139. The van der Waals surface area contributed by atoms with Crippen molar-refractivity contribution in [1.82, 2.24) is 20.2 Å². The number of aromatic amines is 1. The van der Waals surface area contributed by atoms with E-state index in [-0.39, 0.29) is 18.0 Å². The summed E-state index contributed by atoms with van der Waals surface area (Å²) in [7, 11) is 2.84. The van der Waals surface area contributed by atoms with E-state index in [0.717, 1.165) is 58.8 Å². The summed E-state index contributed by atoms with van der Waals surface area (Å²) in [6.45, 7) is 1.79. The topological polar surface area (TPSA) is 109 Å². The van der Waals surface area contributed by atoms with Crippen LogP contribution in [0, 0.1) is 5.92 Å². The molecule has 2 aliphatic heterocycles. The van der Waals surface area contributed by atoms with Crippen molar-refractivity contribution in [3.05, 3.63) is 84.4 Å². The lowest BCUT2D eigenvalue weighted by Crippen LogP contribution is -2.59. The van der Waals surface area contributed by atoms with Crippen LogP contribution >= 0.6 is 0 Å². The Bertz CT molecular complexity index is 1970. The van der Waals surface area contributed by atoms with Crippen molar-refractivity contribution in [1.29, 1.82) is 0 Å². The molecular weight excluding hydrogens is 626 g/mol. The number of hydrogen-bond acceptors (Lipinski definition) is 6. The van der Waals surface area contributed by atoms with Gasteiger partial charge in [0.1, 0.15) is 11.9 Å². The molecule has 4 aromatic rings. The van der Waals surface area contributed by atoms with Gasteiger partial charge in [0.25, 0.3) is 0 Å². The molecule has 4 aliphatic rings. The zero-order valence-corrected chi connectivity index (χ0v) is 29.0. The summed E-state index contributed by atoms with van der Waals surface area (Å²) in [4.78, 5) is 41.3. The van der Waals surface area contributed by atoms with Crippen LogP contribution in [0.3, 0.4) is 0 Å². The van der Waals surface area contributed by atoms with Crippen LogP contribution in [0.1, 0.15) is 75.6 Å². The quantitative estimate of drug-likeness (QED) is 0.188. The third-order valence-electron chi connectivity index (χ3n) is 11.6. The molecule has 0 radical (unpaired) electrons. The fraction of sp³-hybridized carbons (Fsp3) is 0.415. The van der Waals surface area contributed by atoms with E-state index < -0.39 is 18.2 Å². The Balaban J connectivity index is 0.951. The molecule has 3 fully saturated rings. The van der Waals surface area contributed by atoms with Gasteiger partial charge in [-0.15, -0.1) is 0 Å². The van der Waals surface area contributed by atoms with Crippen LogP contribution in [0.4, 0.5) is 4.79 Å². The molecule has 5 atom stereocenters. The number of carbonyl (C=O) groups is 2. The maximum Gasteiger partial charge on any atom is 0.407 e. The Labute approximate surface area is 293 Å². The smallest absolute Gasteiger partial charge is 0.407 e. The average molecular weight is 672 g/mol. The third-order valence-corrected chi connectivity index (χ3v) is 11.6. The van der Waals surface area contributed by atoms with Gasteiger partial charge in [0, 0.05) is 43.0 Å². The summed E-state index contributed by atoms with van der Waals surface area (Å²) in [6.07, 6.45) is 11.6. The number of piperidine rings is 1. The number of ether oxygens (including phenoxy) is 2. The van der Waals surface area contributed by atoms with Crippen LogP contribution in [0.2, 0.25) is 0 Å². The first-order chi connectivity index (χ1) is 24.4. The molecule has 9 nitrogen and oxygen atoms in total. The second-order valence-electron chi connectivity index (χ2n) is 14.4. The monoisotopic (exact) mass is 671 g/mol. The maximum absolute atomic E-state index is 14.0. The number of fused-ring (bicyclic) bond motifs is 3. The highest BCUT2D eigenvalue weighted by Gasteiger charge is 2.52. The molecule has 0 spiro atoms. The van der Waals surface area contributed by atoms with Crippen molar-refractivity contribution in [3.8, 4) is 22.4 Å². The number of imidazole rings is 1. The number of carbonyl (C=O) groups excluding carboxylic acids is 2. The van der Waals surface area contributed by atoms with Crippen molar-refractivity contribution >= 4 is 34.1 Å². The van der Waals surface area contributed by atoms with Gasteiger partial charge in [0.15, 0.2) is 0 Å². The van der Waals surface area contributed by atoms with E-state index in [2.05, 4.69) is 71.0 Å². The maximum atomic E-state index is 14.0. The lowest BCUT2D eigenvalue weighted by Gasteiger charge is -2.38. The summed E-state index contributed by atoms with van der Waals surface area (Å²) in [5.74, 6) is 1.93. The molecule has 2 bridgehead atoms. The van der Waals surface area contributed by atoms with Crippen LogP contribution in [0.5, 0.6) is 0 Å². The van der Waals surface area contributed by atoms with Crippen molar-refractivity contribution in [2.24, 2.45) is 10.9 Å². The van der Waals surface area contributed by atoms with E-state index in [1.807, 2.05) is 17.3 Å². The number of aromatic nitrogens is 2. The average Bonchev–Trinajstić information content (AvgIpc) is 4.01. The van der Waals surface area contributed by atoms with Crippen molar-refractivity contribution in [2.45, 2.75) is 88.4 Å². The Hall–Kier alpha value is -4.76. The fourth-order valence-electron chi connectivity index (χ4n) is 8.76. The zero-order chi connectivity index (χ0) is 34.4. The molecule has 3 heterocycles. The van der Waals surface area contributed by atoms with Crippen molar-refractivity contribution in [2.75, 3.05) is 14.2 Å². The van der Waals surface area contributed by atoms with Gasteiger partial charge in [0.05, 0.1) is 31.1 Å². The number of nitrogens with one attached hydrogen (secondary N) is 2. The predicted molar refractivity (Wildman–Crippen MR) is 196 cm³/mol. The molecule has 2 saturated carbocycles. The minimum absolute atomic E-state index is 0.0824. The summed E-state index contributed by atoms with van der Waals surface area (Å²) in [5.41, 5.74) is 7.89. The van der Waals surface area contributed by atoms with Crippen LogP contribution in [-0.2, 0) is 14.3 Å². The Morgan fingerprint density at radius 2 is 1.60 bits per heavy atom. The predicted octanol–water partition coefficient (Wildman–Crippen LogP) is 7.88. The number of likely N-dealkylation sites (tertiary alicyclic amines) is 1. The number of H-pyrrole nitrogens is 1. The zero-order valence-electron chi connectivity index (χ0n) is 29.0. The van der Waals surface area contributed by atoms with Crippen molar-refractivity contribution < 1.29 is 19.1 Å². The molecule has 258 valence electrons. The number of allylic oxidation sites excluding steroid dienone is 1. The van der Waals surface area contributed by atoms with Gasteiger partial charge < -0.3 is 24.7 Å². The van der Waals surface area contributed by atoms with Crippen LogP contribution in [0.15, 0.2) is 78.1 Å². The van der Waals surface area contributed by atoms with E-state index in [1.165, 1.54) is 49.1 Å². The van der Waals surface area contributed by atoms with Crippen LogP contribution in [-0.4, -0.2) is 71.0 Å². The van der Waals surface area contributed by atoms with E-state index >= 15 is 0 Å². The first kappa shape index (κ1) is 32.4. The van der Waals surface area contributed by atoms with Gasteiger partial charge in [-0.05, 0) is 90.1 Å². The van der Waals surface area contributed by atoms with E-state index in [4.69, 9.17) is 19.5 Å². The fourth-order valence-corrected chi connectivity index (χ4v) is 8.76. The molecular formula is C41H45N5O4. The molecule has 2 N–H and O–H groups in total. The number of benzene rings is 3. The highest BCUT2D eigenvalue weighted by atomic mass is 16.5. The first-order valence-corrected chi connectivity index (χ1v) is 18.0. The second-order valence-corrected chi connectivity index (χ2v) is 14.4. The van der Waals surface area contributed by atoms with Gasteiger partial charge in [-0.2, -0.15) is 0 Å². The number of nitrogens with zero attached hydrogens (tertiary/aromatic N) is 3. The molecule has 1 aromatic heterocycles. The summed E-state index contributed by atoms with van der Waals surface area (Å²) < 4.78 is 10.3. The number of aliphatic imine (C=N–C) groups is 1. The van der Waals surface area contributed by atoms with Crippen LogP contribution in [0.25, 0.3) is 38.7 Å².